The fraction of sp³-hybridized carbons (Fsp3) is 0.833. The summed E-state index contributed by atoms with van der Waals surface area (Å²) in [6, 6.07) is 0. The SMILES string of the molecule is CCC(C)C(=C(C)C)C(C)(C)C. The summed E-state index contributed by atoms with van der Waals surface area (Å²) in [6.45, 7) is 16.0. The maximum absolute atomic E-state index is 2.33. The van der Waals surface area contributed by atoms with E-state index in [9.17, 15) is 0 Å². The lowest BCUT2D eigenvalue weighted by Crippen LogP contribution is -2.17. The summed E-state index contributed by atoms with van der Waals surface area (Å²) < 4.78 is 0. The van der Waals surface area contributed by atoms with Gasteiger partial charge in [-0.3, -0.25) is 0 Å². The Morgan fingerprint density at radius 1 is 1.17 bits per heavy atom. The topological polar surface area (TPSA) is 0 Å². The summed E-state index contributed by atoms with van der Waals surface area (Å²) in [7, 11) is 0. The third kappa shape index (κ3) is 3.00. The Labute approximate surface area is 78.1 Å². The van der Waals surface area contributed by atoms with Crippen molar-refractivity contribution in [3.63, 3.8) is 0 Å². The molecule has 0 amide bonds. The molecule has 0 radical (unpaired) electrons. The van der Waals surface area contributed by atoms with Gasteiger partial charge in [-0.25, -0.2) is 0 Å². The van der Waals surface area contributed by atoms with Gasteiger partial charge in [-0.1, -0.05) is 45.8 Å². The predicted molar refractivity (Wildman–Crippen MR) is 57.3 cm³/mol. The van der Waals surface area contributed by atoms with Crippen molar-refractivity contribution in [1.29, 1.82) is 0 Å². The van der Waals surface area contributed by atoms with Crippen LogP contribution in [0.5, 0.6) is 0 Å². The fourth-order valence-electron chi connectivity index (χ4n) is 2.19. The van der Waals surface area contributed by atoms with Crippen molar-refractivity contribution in [1.82, 2.24) is 0 Å². The van der Waals surface area contributed by atoms with Crippen molar-refractivity contribution < 1.29 is 0 Å². The zero-order valence-electron chi connectivity index (χ0n) is 9.78. The Kier molecular flexibility index (Phi) is 4.02. The van der Waals surface area contributed by atoms with Gasteiger partial charge in [-0.15, -0.1) is 0 Å². The molecule has 0 spiro atoms. The van der Waals surface area contributed by atoms with Crippen LogP contribution in [0.2, 0.25) is 0 Å². The second-order valence-electron chi connectivity index (χ2n) is 4.97. The molecule has 0 aromatic rings. The molecule has 72 valence electrons. The normalized spacial score (nSPS) is 14.2. The Balaban J connectivity index is 4.84. The van der Waals surface area contributed by atoms with Gasteiger partial charge in [-0.2, -0.15) is 0 Å². The molecule has 0 aliphatic carbocycles. The Bertz CT molecular complexity index is 163. The third-order valence-electron chi connectivity index (χ3n) is 2.45. The van der Waals surface area contributed by atoms with E-state index in [1.807, 2.05) is 0 Å². The summed E-state index contributed by atoms with van der Waals surface area (Å²) in [5.74, 6) is 0.731. The molecule has 0 heterocycles. The summed E-state index contributed by atoms with van der Waals surface area (Å²) in [5.41, 5.74) is 3.47. The molecule has 0 fully saturated rings. The molecule has 0 nitrogen and oxygen atoms in total. The number of hydrogen-bond donors (Lipinski definition) is 0. The van der Waals surface area contributed by atoms with E-state index in [1.165, 1.54) is 12.0 Å². The van der Waals surface area contributed by atoms with Gasteiger partial charge in [0.25, 0.3) is 0 Å². The molecule has 0 saturated carbocycles. The minimum Gasteiger partial charge on any atom is -0.0764 e. The molecule has 0 heteroatoms. The van der Waals surface area contributed by atoms with Crippen LogP contribution in [0.25, 0.3) is 0 Å². The molecule has 0 aromatic heterocycles. The van der Waals surface area contributed by atoms with Crippen LogP contribution in [-0.4, -0.2) is 0 Å². The van der Waals surface area contributed by atoms with Crippen molar-refractivity contribution in [2.45, 2.75) is 54.9 Å². The average molecular weight is 168 g/mol. The maximum Gasteiger partial charge on any atom is -0.0168 e. The highest BCUT2D eigenvalue weighted by Crippen LogP contribution is 2.35. The van der Waals surface area contributed by atoms with Gasteiger partial charge in [0.1, 0.15) is 0 Å². The highest BCUT2D eigenvalue weighted by Gasteiger charge is 2.22. The lowest BCUT2D eigenvalue weighted by molar-refractivity contribution is 0.423. The molecule has 0 N–H and O–H groups in total. The molecule has 1 unspecified atom stereocenters. The highest BCUT2D eigenvalue weighted by atomic mass is 14.3. The van der Waals surface area contributed by atoms with Crippen LogP contribution >= 0.6 is 0 Å². The predicted octanol–water partition coefficient (Wildman–Crippen LogP) is 4.42. The van der Waals surface area contributed by atoms with Gasteiger partial charge in [0.05, 0.1) is 0 Å². The van der Waals surface area contributed by atoms with Gasteiger partial charge >= 0.3 is 0 Å². The second-order valence-corrected chi connectivity index (χ2v) is 4.97. The van der Waals surface area contributed by atoms with Crippen molar-refractivity contribution in [2.75, 3.05) is 0 Å². The quantitative estimate of drug-likeness (QED) is 0.536. The summed E-state index contributed by atoms with van der Waals surface area (Å²) in [6.07, 6.45) is 1.25. The van der Waals surface area contributed by atoms with Gasteiger partial charge < -0.3 is 0 Å². The van der Waals surface area contributed by atoms with Crippen LogP contribution in [0.3, 0.4) is 0 Å². The minimum absolute atomic E-state index is 0.342. The van der Waals surface area contributed by atoms with Crippen molar-refractivity contribution in [2.24, 2.45) is 11.3 Å². The summed E-state index contributed by atoms with van der Waals surface area (Å²) >= 11 is 0. The monoisotopic (exact) mass is 168 g/mol. The first kappa shape index (κ1) is 11.7. The Morgan fingerprint density at radius 3 is 1.67 bits per heavy atom. The molecule has 0 aromatic carbocycles. The van der Waals surface area contributed by atoms with Crippen LogP contribution in [0.1, 0.15) is 54.9 Å². The number of hydrogen-bond acceptors (Lipinski definition) is 0. The first-order valence-electron chi connectivity index (χ1n) is 4.98. The van der Waals surface area contributed by atoms with Crippen molar-refractivity contribution >= 4 is 0 Å². The van der Waals surface area contributed by atoms with E-state index in [1.54, 1.807) is 5.57 Å². The van der Waals surface area contributed by atoms with Gasteiger partial charge in [0.15, 0.2) is 0 Å². The molecule has 0 rings (SSSR count). The molecule has 0 aliphatic rings. The van der Waals surface area contributed by atoms with Crippen molar-refractivity contribution in [3.8, 4) is 0 Å². The lowest BCUT2D eigenvalue weighted by atomic mass is 9.76. The van der Waals surface area contributed by atoms with Gasteiger partial charge in [0, 0.05) is 0 Å². The van der Waals surface area contributed by atoms with Crippen LogP contribution in [-0.2, 0) is 0 Å². The van der Waals surface area contributed by atoms with Crippen molar-refractivity contribution in [3.05, 3.63) is 11.1 Å². The van der Waals surface area contributed by atoms with E-state index in [0.717, 1.165) is 5.92 Å². The number of rotatable bonds is 2. The zero-order valence-corrected chi connectivity index (χ0v) is 9.78. The molecule has 0 bridgehead atoms. The van der Waals surface area contributed by atoms with E-state index in [-0.39, 0.29) is 0 Å². The molecule has 12 heavy (non-hydrogen) atoms. The van der Waals surface area contributed by atoms with E-state index >= 15 is 0 Å². The van der Waals surface area contributed by atoms with Crippen LogP contribution in [0.4, 0.5) is 0 Å². The molecular formula is C12H24. The third-order valence-corrected chi connectivity index (χ3v) is 2.45. The van der Waals surface area contributed by atoms with Gasteiger partial charge in [0.2, 0.25) is 0 Å². The lowest BCUT2D eigenvalue weighted by Gasteiger charge is -2.29. The molecule has 1 atom stereocenters. The first-order chi connectivity index (χ1) is 5.30. The fourth-order valence-corrected chi connectivity index (χ4v) is 2.19. The van der Waals surface area contributed by atoms with Crippen LogP contribution in [0.15, 0.2) is 11.1 Å². The average Bonchev–Trinajstić information content (AvgIpc) is 1.83. The number of allylic oxidation sites excluding steroid dienone is 2. The maximum atomic E-state index is 2.33. The highest BCUT2D eigenvalue weighted by molar-refractivity contribution is 5.19. The van der Waals surface area contributed by atoms with Crippen LogP contribution < -0.4 is 0 Å². The summed E-state index contributed by atoms with van der Waals surface area (Å²) in [4.78, 5) is 0. The Hall–Kier alpha value is -0.260. The first-order valence-corrected chi connectivity index (χ1v) is 4.98. The zero-order chi connectivity index (χ0) is 9.94. The minimum atomic E-state index is 0.342. The van der Waals surface area contributed by atoms with Gasteiger partial charge in [-0.05, 0) is 31.6 Å². The van der Waals surface area contributed by atoms with Crippen LogP contribution in [0, 0.1) is 11.3 Å². The van der Waals surface area contributed by atoms with E-state index in [2.05, 4.69) is 48.5 Å². The molecular weight excluding hydrogens is 144 g/mol. The summed E-state index contributed by atoms with van der Waals surface area (Å²) in [5, 5.41) is 0. The van der Waals surface area contributed by atoms with E-state index in [0.29, 0.717) is 5.41 Å². The largest absolute Gasteiger partial charge is 0.0764 e. The van der Waals surface area contributed by atoms with E-state index < -0.39 is 0 Å². The smallest absolute Gasteiger partial charge is 0.0168 e. The Morgan fingerprint density at radius 2 is 1.58 bits per heavy atom. The standard InChI is InChI=1S/C12H24/c1-8-10(4)11(9(2)3)12(5,6)7/h10H,8H2,1-7H3. The van der Waals surface area contributed by atoms with E-state index in [4.69, 9.17) is 0 Å². The molecule has 0 aliphatic heterocycles. The second kappa shape index (κ2) is 4.11. The molecule has 0 saturated heterocycles.